The van der Waals surface area contributed by atoms with E-state index in [0.717, 1.165) is 56.9 Å². The van der Waals surface area contributed by atoms with Crippen molar-refractivity contribution in [3.8, 4) is 11.6 Å². The Morgan fingerprint density at radius 2 is 2.11 bits per heavy atom. The molecule has 2 aliphatic carbocycles. The summed E-state index contributed by atoms with van der Waals surface area (Å²) in [5, 5.41) is 4.38. The Labute approximate surface area is 159 Å². The molecular formula is C21H26N4O2. The number of piperidine rings is 1. The molecule has 6 nitrogen and oxygen atoms in total. The number of hydrogen-bond acceptors (Lipinski definition) is 5. The molecule has 0 bridgehead atoms. The minimum absolute atomic E-state index is 0.171. The van der Waals surface area contributed by atoms with Gasteiger partial charge in [0.05, 0.1) is 5.41 Å². The van der Waals surface area contributed by atoms with E-state index in [4.69, 9.17) is 9.51 Å². The van der Waals surface area contributed by atoms with Crippen molar-refractivity contribution in [2.24, 2.45) is 11.8 Å². The zero-order valence-electron chi connectivity index (χ0n) is 15.6. The molecule has 3 aliphatic rings. The van der Waals surface area contributed by atoms with Crippen LogP contribution in [-0.4, -0.2) is 39.0 Å². The molecule has 3 fully saturated rings. The second-order valence-corrected chi connectivity index (χ2v) is 8.56. The van der Waals surface area contributed by atoms with Crippen molar-refractivity contribution in [1.82, 2.24) is 20.0 Å². The van der Waals surface area contributed by atoms with Gasteiger partial charge in [-0.2, -0.15) is 4.98 Å². The van der Waals surface area contributed by atoms with Crippen molar-refractivity contribution < 1.29 is 9.32 Å². The van der Waals surface area contributed by atoms with E-state index in [9.17, 15) is 4.79 Å². The smallest absolute Gasteiger partial charge is 0.276 e. The molecule has 27 heavy (non-hydrogen) atoms. The summed E-state index contributed by atoms with van der Waals surface area (Å²) in [6.45, 7) is 1.60. The molecule has 2 aromatic heterocycles. The number of aromatic nitrogens is 3. The Bertz CT molecular complexity index is 813. The van der Waals surface area contributed by atoms with Crippen molar-refractivity contribution >= 4 is 5.91 Å². The van der Waals surface area contributed by atoms with Gasteiger partial charge in [0.1, 0.15) is 5.69 Å². The second-order valence-electron chi connectivity index (χ2n) is 8.56. The van der Waals surface area contributed by atoms with E-state index in [1.54, 1.807) is 6.20 Å². The number of nitrogens with zero attached hydrogens (tertiary/aromatic N) is 4. The Kier molecular flexibility index (Phi) is 4.21. The van der Waals surface area contributed by atoms with E-state index in [1.807, 2.05) is 18.2 Å². The summed E-state index contributed by atoms with van der Waals surface area (Å²) < 4.78 is 5.58. The van der Waals surface area contributed by atoms with Crippen LogP contribution < -0.4 is 0 Å². The summed E-state index contributed by atoms with van der Waals surface area (Å²) in [5.41, 5.74) is 0.533. The molecule has 1 saturated heterocycles. The molecule has 2 saturated carbocycles. The first-order valence-corrected chi connectivity index (χ1v) is 10.3. The van der Waals surface area contributed by atoms with E-state index in [-0.39, 0.29) is 11.3 Å². The van der Waals surface area contributed by atoms with Gasteiger partial charge in [0.2, 0.25) is 5.91 Å². The van der Waals surface area contributed by atoms with Gasteiger partial charge in [-0.05, 0) is 50.2 Å². The molecule has 1 aliphatic heterocycles. The molecule has 142 valence electrons. The number of carbonyl (C=O) groups excluding carboxylic acids is 1. The maximum Gasteiger partial charge on any atom is 0.276 e. The fourth-order valence-corrected chi connectivity index (χ4v) is 4.58. The van der Waals surface area contributed by atoms with Gasteiger partial charge in [-0.25, -0.2) is 0 Å². The summed E-state index contributed by atoms with van der Waals surface area (Å²) in [4.78, 5) is 24.0. The van der Waals surface area contributed by atoms with Crippen LogP contribution in [0.5, 0.6) is 0 Å². The zero-order chi connectivity index (χ0) is 18.3. The van der Waals surface area contributed by atoms with Crippen molar-refractivity contribution in [3.05, 3.63) is 30.2 Å². The van der Waals surface area contributed by atoms with Gasteiger partial charge in [-0.15, -0.1) is 0 Å². The highest BCUT2D eigenvalue weighted by Crippen LogP contribution is 2.46. The van der Waals surface area contributed by atoms with Gasteiger partial charge in [-0.3, -0.25) is 9.78 Å². The third-order valence-electron chi connectivity index (χ3n) is 6.50. The average Bonchev–Trinajstić information content (AvgIpc) is 3.32. The first kappa shape index (κ1) is 16.9. The highest BCUT2D eigenvalue weighted by atomic mass is 16.5. The van der Waals surface area contributed by atoms with E-state index in [0.29, 0.717) is 17.5 Å². The predicted molar refractivity (Wildman–Crippen MR) is 99.7 cm³/mol. The fourth-order valence-electron chi connectivity index (χ4n) is 4.58. The lowest BCUT2D eigenvalue weighted by molar-refractivity contribution is -0.140. The fraction of sp³-hybridized carbons (Fsp3) is 0.619. The summed E-state index contributed by atoms with van der Waals surface area (Å²) in [7, 11) is 0. The quantitative estimate of drug-likeness (QED) is 0.808. The minimum Gasteiger partial charge on any atom is -0.341 e. The molecular weight excluding hydrogens is 340 g/mol. The van der Waals surface area contributed by atoms with E-state index >= 15 is 0 Å². The normalized spacial score (nSPS) is 26.0. The molecule has 0 radical (unpaired) electrons. The molecule has 0 spiro atoms. The minimum atomic E-state index is -0.171. The second kappa shape index (κ2) is 6.73. The van der Waals surface area contributed by atoms with Gasteiger partial charge in [-0.1, -0.05) is 30.5 Å². The predicted octanol–water partition coefficient (Wildman–Crippen LogP) is 3.59. The summed E-state index contributed by atoms with van der Waals surface area (Å²) in [5.74, 6) is 2.57. The summed E-state index contributed by atoms with van der Waals surface area (Å²) >= 11 is 0. The highest BCUT2D eigenvalue weighted by Gasteiger charge is 2.46. The number of amides is 1. The van der Waals surface area contributed by atoms with E-state index in [2.05, 4.69) is 15.0 Å². The lowest BCUT2D eigenvalue weighted by atomic mass is 9.74. The Hall–Kier alpha value is -2.24. The molecule has 1 amide bonds. The van der Waals surface area contributed by atoms with Crippen LogP contribution in [0.2, 0.25) is 0 Å². The van der Waals surface area contributed by atoms with E-state index in [1.165, 1.54) is 19.3 Å². The van der Waals surface area contributed by atoms with Crippen LogP contribution in [0.15, 0.2) is 28.9 Å². The number of rotatable bonds is 5. The molecule has 5 rings (SSSR count). The largest absolute Gasteiger partial charge is 0.341 e. The lowest BCUT2D eigenvalue weighted by Gasteiger charge is -2.43. The van der Waals surface area contributed by atoms with Crippen molar-refractivity contribution in [3.63, 3.8) is 0 Å². The van der Waals surface area contributed by atoms with Gasteiger partial charge < -0.3 is 9.42 Å². The molecule has 2 aromatic rings. The number of carbonyl (C=O) groups is 1. The van der Waals surface area contributed by atoms with Crippen molar-refractivity contribution in [2.75, 3.05) is 13.1 Å². The molecule has 0 N–H and O–H groups in total. The van der Waals surface area contributed by atoms with E-state index < -0.39 is 0 Å². The monoisotopic (exact) mass is 366 g/mol. The molecule has 0 aromatic carbocycles. The van der Waals surface area contributed by atoms with Gasteiger partial charge >= 0.3 is 0 Å². The average molecular weight is 366 g/mol. The summed E-state index contributed by atoms with van der Waals surface area (Å²) in [6.07, 6.45) is 10.7. The van der Waals surface area contributed by atoms with Gasteiger partial charge in [0.25, 0.3) is 5.89 Å². The molecule has 1 unspecified atom stereocenters. The SMILES string of the molecule is O=C(C1CCC1)N1CCCC(CC2CC2)(c2noc(-c3ccccn3)n2)C1. The lowest BCUT2D eigenvalue weighted by Crippen LogP contribution is -2.51. The zero-order valence-corrected chi connectivity index (χ0v) is 15.6. The number of hydrogen-bond donors (Lipinski definition) is 0. The van der Waals surface area contributed by atoms with Crippen LogP contribution >= 0.6 is 0 Å². The Morgan fingerprint density at radius 3 is 2.81 bits per heavy atom. The third-order valence-corrected chi connectivity index (χ3v) is 6.50. The van der Waals surface area contributed by atoms with Crippen LogP contribution in [0, 0.1) is 11.8 Å². The third kappa shape index (κ3) is 3.26. The van der Waals surface area contributed by atoms with Crippen molar-refractivity contribution in [2.45, 2.75) is 56.8 Å². The Morgan fingerprint density at radius 1 is 1.22 bits per heavy atom. The molecule has 6 heteroatoms. The maximum absolute atomic E-state index is 12.9. The van der Waals surface area contributed by atoms with Gasteiger partial charge in [0, 0.05) is 25.2 Å². The van der Waals surface area contributed by atoms with Crippen LogP contribution in [0.4, 0.5) is 0 Å². The highest BCUT2D eigenvalue weighted by molar-refractivity contribution is 5.79. The van der Waals surface area contributed by atoms with Crippen molar-refractivity contribution in [1.29, 1.82) is 0 Å². The summed E-state index contributed by atoms with van der Waals surface area (Å²) in [6, 6.07) is 5.68. The number of likely N-dealkylation sites (tertiary alicyclic amines) is 1. The van der Waals surface area contributed by atoms with Crippen LogP contribution in [-0.2, 0) is 10.2 Å². The van der Waals surface area contributed by atoms with Crippen LogP contribution in [0.1, 0.15) is 57.2 Å². The first-order valence-electron chi connectivity index (χ1n) is 10.3. The molecule has 1 atom stereocenters. The standard InChI is InChI=1S/C21H26N4O2/c26-19(16-5-3-6-16)25-12-4-10-21(14-25,13-15-8-9-15)20-23-18(27-24-20)17-7-1-2-11-22-17/h1-2,7,11,15-16H,3-6,8-10,12-14H2. The number of pyridine rings is 1. The topological polar surface area (TPSA) is 72.1 Å². The van der Waals surface area contributed by atoms with Gasteiger partial charge in [0.15, 0.2) is 5.82 Å². The van der Waals surface area contributed by atoms with Crippen LogP contribution in [0.3, 0.4) is 0 Å². The Balaban J connectivity index is 1.43. The maximum atomic E-state index is 12.9. The first-order chi connectivity index (χ1) is 13.2. The van der Waals surface area contributed by atoms with Crippen LogP contribution in [0.25, 0.3) is 11.6 Å². The molecule has 3 heterocycles.